The summed E-state index contributed by atoms with van der Waals surface area (Å²) in [5.74, 6) is 0.524. The van der Waals surface area contributed by atoms with Crippen LogP contribution in [-0.2, 0) is 19.5 Å². The third kappa shape index (κ3) is 6.82. The molecule has 0 bridgehead atoms. The van der Waals surface area contributed by atoms with Gasteiger partial charge in [-0.1, -0.05) is 0 Å². The van der Waals surface area contributed by atoms with Gasteiger partial charge in [0, 0.05) is 69.1 Å². The van der Waals surface area contributed by atoms with Crippen molar-refractivity contribution in [3.8, 4) is 11.3 Å². The molecule has 43 heavy (non-hydrogen) atoms. The van der Waals surface area contributed by atoms with E-state index in [0.717, 1.165) is 42.9 Å². The van der Waals surface area contributed by atoms with Crippen molar-refractivity contribution in [2.75, 3.05) is 63.2 Å². The second-order valence-corrected chi connectivity index (χ2v) is 13.1. The van der Waals surface area contributed by atoms with Crippen molar-refractivity contribution >= 4 is 27.7 Å². The first-order valence-corrected chi connectivity index (χ1v) is 16.3. The SMILES string of the molecule is Cc1cnc(NC2CCN(S(=O)(=O)c3ccc(NC(=O)N4CCOCC4)cc3)CC2)nc1-c1cnn(C2CCOCC2)c1. The van der Waals surface area contributed by atoms with E-state index < -0.39 is 10.0 Å². The lowest BCUT2D eigenvalue weighted by atomic mass is 10.1. The van der Waals surface area contributed by atoms with Gasteiger partial charge in [-0.2, -0.15) is 9.40 Å². The Labute approximate surface area is 251 Å². The average molecular weight is 611 g/mol. The number of nitrogens with zero attached hydrogens (tertiary/aromatic N) is 6. The number of amides is 2. The molecule has 0 saturated carbocycles. The Balaban J connectivity index is 1.04. The van der Waals surface area contributed by atoms with Crippen molar-refractivity contribution in [2.24, 2.45) is 0 Å². The number of rotatable bonds is 7. The average Bonchev–Trinajstić information content (AvgIpc) is 3.54. The molecule has 0 atom stereocenters. The molecular formula is C29H38N8O5S. The van der Waals surface area contributed by atoms with Gasteiger partial charge in [0.1, 0.15) is 0 Å². The van der Waals surface area contributed by atoms with E-state index in [4.69, 9.17) is 14.5 Å². The van der Waals surface area contributed by atoms with E-state index in [2.05, 4.69) is 20.7 Å². The summed E-state index contributed by atoms with van der Waals surface area (Å²) in [6, 6.07) is 6.50. The number of urea groups is 1. The molecule has 3 saturated heterocycles. The predicted molar refractivity (Wildman–Crippen MR) is 160 cm³/mol. The minimum atomic E-state index is -3.66. The van der Waals surface area contributed by atoms with Crippen LogP contribution in [0.25, 0.3) is 11.3 Å². The van der Waals surface area contributed by atoms with Gasteiger partial charge in [0.2, 0.25) is 16.0 Å². The van der Waals surface area contributed by atoms with Gasteiger partial charge >= 0.3 is 6.03 Å². The summed E-state index contributed by atoms with van der Waals surface area (Å²) in [4.78, 5) is 23.6. The third-order valence-electron chi connectivity index (χ3n) is 8.24. The van der Waals surface area contributed by atoms with Crippen LogP contribution in [-0.4, -0.2) is 102 Å². The van der Waals surface area contributed by atoms with E-state index in [-0.39, 0.29) is 17.0 Å². The van der Waals surface area contributed by atoms with Crippen molar-refractivity contribution in [3.63, 3.8) is 0 Å². The van der Waals surface area contributed by atoms with Gasteiger partial charge in [0.05, 0.1) is 36.0 Å². The smallest absolute Gasteiger partial charge is 0.321 e. The molecule has 2 amide bonds. The highest BCUT2D eigenvalue weighted by atomic mass is 32.2. The van der Waals surface area contributed by atoms with Crippen LogP contribution in [0.2, 0.25) is 0 Å². The molecule has 5 heterocycles. The number of benzene rings is 1. The van der Waals surface area contributed by atoms with Gasteiger partial charge in [0.15, 0.2) is 0 Å². The second-order valence-electron chi connectivity index (χ2n) is 11.2. The minimum absolute atomic E-state index is 0.0461. The molecule has 3 aliphatic heterocycles. The van der Waals surface area contributed by atoms with Gasteiger partial charge in [-0.15, -0.1) is 0 Å². The molecule has 13 nitrogen and oxygen atoms in total. The number of anilines is 2. The lowest BCUT2D eigenvalue weighted by molar-refractivity contribution is 0.0564. The highest BCUT2D eigenvalue weighted by Crippen LogP contribution is 2.27. The zero-order chi connectivity index (χ0) is 29.8. The van der Waals surface area contributed by atoms with Crippen molar-refractivity contribution in [2.45, 2.75) is 49.6 Å². The van der Waals surface area contributed by atoms with Crippen LogP contribution in [0.15, 0.2) is 47.8 Å². The number of aromatic nitrogens is 4. The number of aryl methyl sites for hydroxylation is 1. The fourth-order valence-electron chi connectivity index (χ4n) is 5.66. The molecule has 230 valence electrons. The zero-order valence-electron chi connectivity index (χ0n) is 24.3. The van der Waals surface area contributed by atoms with Crippen molar-refractivity contribution in [1.82, 2.24) is 29.0 Å². The number of nitrogens with one attached hydrogen (secondary N) is 2. The number of hydrogen-bond acceptors (Lipinski definition) is 9. The highest BCUT2D eigenvalue weighted by Gasteiger charge is 2.30. The molecule has 2 aromatic heterocycles. The summed E-state index contributed by atoms with van der Waals surface area (Å²) in [6.07, 6.45) is 8.85. The molecule has 1 aromatic carbocycles. The van der Waals surface area contributed by atoms with Gasteiger partial charge in [-0.05, 0) is 62.4 Å². The molecule has 3 fully saturated rings. The number of carbonyl (C=O) groups is 1. The summed E-state index contributed by atoms with van der Waals surface area (Å²) >= 11 is 0. The van der Waals surface area contributed by atoms with Gasteiger partial charge in [-0.3, -0.25) is 4.68 Å². The van der Waals surface area contributed by atoms with Crippen LogP contribution in [0.4, 0.5) is 16.4 Å². The summed E-state index contributed by atoms with van der Waals surface area (Å²) < 4.78 is 41.0. The van der Waals surface area contributed by atoms with E-state index in [0.29, 0.717) is 69.9 Å². The van der Waals surface area contributed by atoms with Gasteiger partial charge in [0.25, 0.3) is 0 Å². The lowest BCUT2D eigenvalue weighted by Crippen LogP contribution is -2.43. The van der Waals surface area contributed by atoms with Gasteiger partial charge in [-0.25, -0.2) is 23.2 Å². The van der Waals surface area contributed by atoms with E-state index in [9.17, 15) is 13.2 Å². The Morgan fingerprint density at radius 2 is 1.63 bits per heavy atom. The second kappa shape index (κ2) is 13.0. The molecule has 0 unspecified atom stereocenters. The summed E-state index contributed by atoms with van der Waals surface area (Å²) in [5, 5.41) is 10.8. The van der Waals surface area contributed by atoms with Crippen LogP contribution in [0, 0.1) is 6.92 Å². The van der Waals surface area contributed by atoms with Crippen molar-refractivity contribution in [1.29, 1.82) is 0 Å². The maximum Gasteiger partial charge on any atom is 0.321 e. The number of piperidine rings is 1. The maximum atomic E-state index is 13.3. The van der Waals surface area contributed by atoms with E-state index in [1.165, 1.54) is 4.31 Å². The first-order valence-electron chi connectivity index (χ1n) is 14.8. The number of ether oxygens (including phenoxy) is 2. The van der Waals surface area contributed by atoms with Gasteiger partial charge < -0.3 is 25.0 Å². The number of morpholine rings is 1. The van der Waals surface area contributed by atoms with Crippen LogP contribution in [0.3, 0.4) is 0 Å². The fourth-order valence-corrected chi connectivity index (χ4v) is 7.13. The number of hydrogen-bond donors (Lipinski definition) is 2. The number of sulfonamides is 1. The fraction of sp³-hybridized carbons (Fsp3) is 0.517. The molecule has 6 rings (SSSR count). The van der Waals surface area contributed by atoms with Crippen LogP contribution in [0.5, 0.6) is 0 Å². The van der Waals surface area contributed by atoms with Crippen LogP contribution < -0.4 is 10.6 Å². The Kier molecular flexibility index (Phi) is 8.88. The molecule has 0 spiro atoms. The van der Waals surface area contributed by atoms with E-state index in [1.807, 2.05) is 30.2 Å². The predicted octanol–water partition coefficient (Wildman–Crippen LogP) is 3.13. The normalized spacial score (nSPS) is 19.3. The Bertz CT molecular complexity index is 1510. The zero-order valence-corrected chi connectivity index (χ0v) is 25.1. The summed E-state index contributed by atoms with van der Waals surface area (Å²) in [7, 11) is -3.66. The Hall–Kier alpha value is -3.59. The molecule has 2 N–H and O–H groups in total. The first-order chi connectivity index (χ1) is 20.9. The molecule has 14 heteroatoms. The minimum Gasteiger partial charge on any atom is -0.381 e. The van der Waals surface area contributed by atoms with Crippen LogP contribution in [0.1, 0.15) is 37.3 Å². The van der Waals surface area contributed by atoms with Crippen molar-refractivity contribution < 1.29 is 22.7 Å². The first kappa shape index (κ1) is 29.5. The highest BCUT2D eigenvalue weighted by molar-refractivity contribution is 7.89. The maximum absolute atomic E-state index is 13.3. The largest absolute Gasteiger partial charge is 0.381 e. The lowest BCUT2D eigenvalue weighted by Gasteiger charge is -2.31. The molecule has 3 aromatic rings. The summed E-state index contributed by atoms with van der Waals surface area (Å²) in [6.45, 7) is 6.34. The Morgan fingerprint density at radius 1 is 0.930 bits per heavy atom. The topological polar surface area (TPSA) is 144 Å². The summed E-state index contributed by atoms with van der Waals surface area (Å²) in [5.41, 5.74) is 3.29. The quantitative estimate of drug-likeness (QED) is 0.412. The van der Waals surface area contributed by atoms with Crippen LogP contribution >= 0.6 is 0 Å². The molecule has 0 radical (unpaired) electrons. The molecule has 0 aliphatic carbocycles. The van der Waals surface area contributed by atoms with E-state index >= 15 is 0 Å². The van der Waals surface area contributed by atoms with Crippen molar-refractivity contribution in [3.05, 3.63) is 48.4 Å². The molecular weight excluding hydrogens is 572 g/mol. The third-order valence-corrected chi connectivity index (χ3v) is 10.2. The molecule has 3 aliphatic rings. The Morgan fingerprint density at radius 3 is 2.35 bits per heavy atom. The van der Waals surface area contributed by atoms with E-state index in [1.54, 1.807) is 29.2 Å². The monoisotopic (exact) mass is 610 g/mol. The standard InChI is InChI=1S/C29H38N8O5S/c1-21-18-30-28(34-27(21)22-19-31-37(20-22)25-8-14-41-15-9-25)32-24-6-10-36(11-7-24)43(39,40)26-4-2-23(3-5-26)33-29(38)35-12-16-42-17-13-35/h2-5,18-20,24-25H,6-17H2,1H3,(H,33,38)(H,30,32,34). The number of carbonyl (C=O) groups excluding carboxylic acids is 1.